The first-order chi connectivity index (χ1) is 8.82. The molecule has 19 heavy (non-hydrogen) atoms. The number of nitro groups is 1. The minimum absolute atomic E-state index is 0.0612. The number of rotatable bonds is 3. The van der Waals surface area contributed by atoms with Gasteiger partial charge < -0.3 is 10.8 Å². The van der Waals surface area contributed by atoms with E-state index in [1.54, 1.807) is 0 Å². The van der Waals surface area contributed by atoms with Crippen LogP contribution in [0.3, 0.4) is 0 Å². The van der Waals surface area contributed by atoms with Gasteiger partial charge in [-0.05, 0) is 18.6 Å². The molecule has 1 unspecified atom stereocenters. The lowest BCUT2D eigenvalue weighted by Crippen LogP contribution is -2.30. The van der Waals surface area contributed by atoms with Crippen molar-refractivity contribution in [1.29, 1.82) is 0 Å². The maximum Gasteiger partial charge on any atom is 0.289 e. The zero-order valence-corrected chi connectivity index (χ0v) is 10.7. The zero-order valence-electron chi connectivity index (χ0n) is 9.89. The lowest BCUT2D eigenvalue weighted by molar-refractivity contribution is -0.387. The van der Waals surface area contributed by atoms with Crippen molar-refractivity contribution in [2.75, 3.05) is 18.8 Å². The second-order valence-electron chi connectivity index (χ2n) is 4.29. The molecule has 8 nitrogen and oxygen atoms in total. The third-order valence-corrected chi connectivity index (χ3v) is 4.82. The normalized spacial score (nSPS) is 20.6. The molecule has 1 fully saturated rings. The first kappa shape index (κ1) is 13.7. The maximum absolute atomic E-state index is 12.3. The van der Waals surface area contributed by atoms with Crippen molar-refractivity contribution < 1.29 is 18.4 Å². The maximum atomic E-state index is 12.3. The Morgan fingerprint density at radius 3 is 2.68 bits per heavy atom. The van der Waals surface area contributed by atoms with Crippen molar-refractivity contribution in [2.45, 2.75) is 17.4 Å². The average Bonchev–Trinajstić information content (AvgIpc) is 2.76. The number of aliphatic hydroxyl groups excluding tert-OH is 1. The molecule has 3 N–H and O–H groups in total. The SMILES string of the molecule is Nc1ccc([N+](=O)[O-])c(S(=O)(=O)N2CCC(O)C2)c1. The zero-order chi connectivity index (χ0) is 14.2. The molecular formula is C10H13N3O5S. The Kier molecular flexibility index (Phi) is 3.43. The van der Waals surface area contributed by atoms with E-state index in [1.807, 2.05) is 0 Å². The van der Waals surface area contributed by atoms with E-state index in [-0.39, 0.29) is 18.8 Å². The van der Waals surface area contributed by atoms with Gasteiger partial charge in [0.05, 0.1) is 11.0 Å². The first-order valence-electron chi connectivity index (χ1n) is 5.54. The van der Waals surface area contributed by atoms with E-state index >= 15 is 0 Å². The Balaban J connectivity index is 2.51. The van der Waals surface area contributed by atoms with E-state index < -0.39 is 31.6 Å². The largest absolute Gasteiger partial charge is 0.399 e. The van der Waals surface area contributed by atoms with E-state index in [0.29, 0.717) is 6.42 Å². The molecule has 0 saturated carbocycles. The monoisotopic (exact) mass is 287 g/mol. The van der Waals surface area contributed by atoms with Crippen molar-refractivity contribution in [3.05, 3.63) is 28.3 Å². The fraction of sp³-hybridized carbons (Fsp3) is 0.400. The Labute approximate surface area is 109 Å². The first-order valence-corrected chi connectivity index (χ1v) is 6.98. The molecule has 104 valence electrons. The lowest BCUT2D eigenvalue weighted by Gasteiger charge is -2.15. The number of sulfonamides is 1. The molecule has 1 atom stereocenters. The van der Waals surface area contributed by atoms with Crippen LogP contribution in [0.25, 0.3) is 0 Å². The molecular weight excluding hydrogens is 274 g/mol. The molecule has 9 heteroatoms. The van der Waals surface area contributed by atoms with Crippen molar-refractivity contribution >= 4 is 21.4 Å². The van der Waals surface area contributed by atoms with Gasteiger partial charge >= 0.3 is 0 Å². The van der Waals surface area contributed by atoms with Crippen molar-refractivity contribution in [2.24, 2.45) is 0 Å². The number of nitro benzene ring substituents is 1. The second-order valence-corrected chi connectivity index (χ2v) is 6.20. The smallest absolute Gasteiger partial charge is 0.289 e. The van der Waals surface area contributed by atoms with Crippen LogP contribution in [0.1, 0.15) is 6.42 Å². The number of nitrogens with two attached hydrogens (primary N) is 1. The lowest BCUT2D eigenvalue weighted by atomic mass is 10.3. The van der Waals surface area contributed by atoms with Gasteiger partial charge in [0.25, 0.3) is 5.69 Å². The summed E-state index contributed by atoms with van der Waals surface area (Å²) in [6.45, 7) is 0.0732. The van der Waals surface area contributed by atoms with Crippen molar-refractivity contribution in [3.8, 4) is 0 Å². The highest BCUT2D eigenvalue weighted by Crippen LogP contribution is 2.30. The topological polar surface area (TPSA) is 127 Å². The predicted molar refractivity (Wildman–Crippen MR) is 66.9 cm³/mol. The highest BCUT2D eigenvalue weighted by Gasteiger charge is 2.36. The highest BCUT2D eigenvalue weighted by atomic mass is 32.2. The molecule has 0 aromatic heterocycles. The minimum Gasteiger partial charge on any atom is -0.399 e. The molecule has 0 bridgehead atoms. The van der Waals surface area contributed by atoms with Crippen LogP contribution in [-0.2, 0) is 10.0 Å². The Hall–Kier alpha value is -1.71. The summed E-state index contributed by atoms with van der Waals surface area (Å²) in [7, 11) is -4.02. The summed E-state index contributed by atoms with van der Waals surface area (Å²) in [6.07, 6.45) is -0.426. The van der Waals surface area contributed by atoms with Gasteiger partial charge in [-0.15, -0.1) is 0 Å². The summed E-state index contributed by atoms with van der Waals surface area (Å²) in [5, 5.41) is 20.3. The summed E-state index contributed by atoms with van der Waals surface area (Å²) in [6, 6.07) is 3.41. The Morgan fingerprint density at radius 1 is 1.47 bits per heavy atom. The van der Waals surface area contributed by atoms with E-state index in [2.05, 4.69) is 0 Å². The number of β-amino-alcohol motifs (C(OH)–C–C–N with tert-alkyl or cyclic N) is 1. The summed E-state index contributed by atoms with van der Waals surface area (Å²) < 4.78 is 25.7. The Morgan fingerprint density at radius 2 is 2.16 bits per heavy atom. The van der Waals surface area contributed by atoms with Crippen LogP contribution in [0.4, 0.5) is 11.4 Å². The van der Waals surface area contributed by atoms with Gasteiger partial charge in [0.1, 0.15) is 0 Å². The molecule has 0 radical (unpaired) electrons. The molecule has 2 rings (SSSR count). The van der Waals surface area contributed by atoms with Gasteiger partial charge in [0.15, 0.2) is 4.90 Å². The molecule has 1 aromatic carbocycles. The number of nitrogen functional groups attached to an aromatic ring is 1. The quantitative estimate of drug-likeness (QED) is 0.455. The van der Waals surface area contributed by atoms with E-state index in [1.165, 1.54) is 6.07 Å². The molecule has 1 saturated heterocycles. The number of benzene rings is 1. The third-order valence-electron chi connectivity index (χ3n) is 2.92. The van der Waals surface area contributed by atoms with Crippen LogP contribution < -0.4 is 5.73 Å². The number of aliphatic hydroxyl groups is 1. The number of hydrogen-bond acceptors (Lipinski definition) is 6. The van der Waals surface area contributed by atoms with Gasteiger partial charge in [-0.3, -0.25) is 10.1 Å². The van der Waals surface area contributed by atoms with Crippen molar-refractivity contribution in [3.63, 3.8) is 0 Å². The fourth-order valence-electron chi connectivity index (χ4n) is 1.96. The third kappa shape index (κ3) is 2.53. The van der Waals surface area contributed by atoms with Gasteiger partial charge in [-0.2, -0.15) is 4.31 Å². The molecule has 1 aromatic rings. The average molecular weight is 287 g/mol. The van der Waals surface area contributed by atoms with E-state index in [0.717, 1.165) is 16.4 Å². The van der Waals surface area contributed by atoms with Crippen LogP contribution in [0.15, 0.2) is 23.1 Å². The van der Waals surface area contributed by atoms with Crippen LogP contribution in [0, 0.1) is 10.1 Å². The number of anilines is 1. The van der Waals surface area contributed by atoms with Gasteiger partial charge in [0.2, 0.25) is 10.0 Å². The summed E-state index contributed by atoms with van der Waals surface area (Å²) in [4.78, 5) is 9.69. The van der Waals surface area contributed by atoms with Crippen molar-refractivity contribution in [1.82, 2.24) is 4.31 Å². The summed E-state index contributed by atoms with van der Waals surface area (Å²) in [5.41, 5.74) is 5.11. The van der Waals surface area contributed by atoms with Crippen LogP contribution >= 0.6 is 0 Å². The standard InChI is InChI=1S/C10H13N3O5S/c11-7-1-2-9(13(15)16)10(5-7)19(17,18)12-4-3-8(14)6-12/h1-2,5,8,14H,3-4,6,11H2. The van der Waals surface area contributed by atoms with Gasteiger partial charge in [0, 0.05) is 24.8 Å². The fourth-order valence-corrected chi connectivity index (χ4v) is 3.64. The van der Waals surface area contributed by atoms with Gasteiger partial charge in [-0.1, -0.05) is 0 Å². The van der Waals surface area contributed by atoms with Crippen LogP contribution in [0.5, 0.6) is 0 Å². The summed E-state index contributed by atoms with van der Waals surface area (Å²) in [5.74, 6) is 0. The van der Waals surface area contributed by atoms with E-state index in [9.17, 15) is 23.6 Å². The molecule has 1 heterocycles. The minimum atomic E-state index is -4.02. The second kappa shape index (κ2) is 4.76. The van der Waals surface area contributed by atoms with Crippen LogP contribution in [0.2, 0.25) is 0 Å². The molecule has 0 aliphatic carbocycles. The molecule has 1 aliphatic heterocycles. The molecule has 0 amide bonds. The molecule has 0 spiro atoms. The predicted octanol–water partition coefficient (Wildman–Crippen LogP) is -0.0677. The van der Waals surface area contributed by atoms with Gasteiger partial charge in [-0.25, -0.2) is 8.42 Å². The van der Waals surface area contributed by atoms with E-state index in [4.69, 9.17) is 5.73 Å². The summed E-state index contributed by atoms with van der Waals surface area (Å²) >= 11 is 0. The van der Waals surface area contributed by atoms with Crippen LogP contribution in [-0.4, -0.2) is 41.9 Å². The number of nitrogens with zero attached hydrogens (tertiary/aromatic N) is 2. The Bertz CT molecular complexity index is 616. The molecule has 1 aliphatic rings. The number of hydrogen-bond donors (Lipinski definition) is 2. The highest BCUT2D eigenvalue weighted by molar-refractivity contribution is 7.89.